The van der Waals surface area contributed by atoms with Crippen LogP contribution in [0.2, 0.25) is 0 Å². The Labute approximate surface area is 212 Å². The number of phenolic OH excluding ortho intramolecular Hbond substituents is 1. The molecule has 35 heavy (non-hydrogen) atoms. The SMILES string of the molecule is CCCCCC(C)C(C)c1cc(O)c2c(c1)OC(C)(C)C1CCNC(C(=O)CN3CCCCC3)=C21. The third kappa shape index (κ3) is 5.55. The molecular weight excluding hydrogens is 436 g/mol. The predicted molar refractivity (Wildman–Crippen MR) is 143 cm³/mol. The van der Waals surface area contributed by atoms with Crippen LogP contribution >= 0.6 is 0 Å². The minimum atomic E-state index is -0.442. The van der Waals surface area contributed by atoms with Crippen molar-refractivity contribution in [3.63, 3.8) is 0 Å². The average molecular weight is 483 g/mol. The van der Waals surface area contributed by atoms with Crippen LogP contribution < -0.4 is 10.1 Å². The molecule has 3 atom stereocenters. The molecule has 0 amide bonds. The van der Waals surface area contributed by atoms with Crippen LogP contribution in [0.3, 0.4) is 0 Å². The van der Waals surface area contributed by atoms with E-state index in [1.807, 2.05) is 6.07 Å². The van der Waals surface area contributed by atoms with E-state index in [1.54, 1.807) is 0 Å². The standard InChI is InChI=1S/C30H46N2O3/c1-6-7-9-12-20(2)21(3)22-17-24(33)28-26(18-22)35-30(4,5)23-13-14-31-29(27(23)28)25(34)19-32-15-10-8-11-16-32/h17-18,20-21,23,31,33H,6-16,19H2,1-5H3. The highest BCUT2D eigenvalue weighted by Crippen LogP contribution is 2.52. The van der Waals surface area contributed by atoms with Gasteiger partial charge in [0.15, 0.2) is 5.78 Å². The lowest BCUT2D eigenvalue weighted by Gasteiger charge is -2.45. The number of Topliss-reactive ketones (excluding diaryl/α,β-unsaturated/α-hetero) is 1. The van der Waals surface area contributed by atoms with Crippen molar-refractivity contribution in [2.45, 2.75) is 97.5 Å². The van der Waals surface area contributed by atoms with Gasteiger partial charge in [-0.1, -0.05) is 52.9 Å². The van der Waals surface area contributed by atoms with Gasteiger partial charge in [-0.3, -0.25) is 9.69 Å². The van der Waals surface area contributed by atoms with Crippen molar-refractivity contribution in [3.8, 4) is 11.5 Å². The number of likely N-dealkylation sites (tertiary alicyclic amines) is 1. The molecule has 0 saturated carbocycles. The number of nitrogens with one attached hydrogen (secondary N) is 1. The Bertz CT molecular complexity index is 945. The number of phenols is 1. The molecule has 0 radical (unpaired) electrons. The van der Waals surface area contributed by atoms with E-state index in [2.05, 4.69) is 50.9 Å². The normalized spacial score (nSPS) is 23.5. The summed E-state index contributed by atoms with van der Waals surface area (Å²) in [6.45, 7) is 14.2. The highest BCUT2D eigenvalue weighted by molar-refractivity contribution is 6.05. The van der Waals surface area contributed by atoms with Gasteiger partial charge in [-0.25, -0.2) is 0 Å². The van der Waals surface area contributed by atoms with Gasteiger partial charge in [0, 0.05) is 18.0 Å². The van der Waals surface area contributed by atoms with Gasteiger partial charge in [-0.05, 0) is 75.7 Å². The van der Waals surface area contributed by atoms with Crippen LogP contribution in [-0.4, -0.2) is 47.6 Å². The van der Waals surface area contributed by atoms with E-state index in [-0.39, 0.29) is 17.5 Å². The van der Waals surface area contributed by atoms with Crippen molar-refractivity contribution in [1.29, 1.82) is 0 Å². The lowest BCUT2D eigenvalue weighted by Crippen LogP contribution is -2.48. The minimum Gasteiger partial charge on any atom is -0.507 e. The molecule has 5 nitrogen and oxygen atoms in total. The van der Waals surface area contributed by atoms with Gasteiger partial charge >= 0.3 is 0 Å². The maximum atomic E-state index is 13.6. The number of hydrogen-bond acceptors (Lipinski definition) is 5. The Morgan fingerprint density at radius 2 is 1.94 bits per heavy atom. The molecule has 1 fully saturated rings. The summed E-state index contributed by atoms with van der Waals surface area (Å²) in [6.07, 6.45) is 9.39. The van der Waals surface area contributed by atoms with E-state index in [0.717, 1.165) is 61.3 Å². The van der Waals surface area contributed by atoms with Crippen LogP contribution in [0.15, 0.2) is 17.8 Å². The molecule has 3 heterocycles. The van der Waals surface area contributed by atoms with Gasteiger partial charge in [0.25, 0.3) is 0 Å². The number of rotatable bonds is 9. The Morgan fingerprint density at radius 1 is 1.20 bits per heavy atom. The number of benzene rings is 1. The first-order valence-electron chi connectivity index (χ1n) is 14.0. The smallest absolute Gasteiger partial charge is 0.192 e. The van der Waals surface area contributed by atoms with E-state index >= 15 is 0 Å². The highest BCUT2D eigenvalue weighted by atomic mass is 16.5. The van der Waals surface area contributed by atoms with E-state index in [4.69, 9.17) is 4.74 Å². The zero-order chi connectivity index (χ0) is 25.2. The van der Waals surface area contributed by atoms with E-state index < -0.39 is 5.60 Å². The summed E-state index contributed by atoms with van der Waals surface area (Å²) in [6, 6.07) is 4.05. The third-order valence-corrected chi connectivity index (χ3v) is 8.67. The first-order chi connectivity index (χ1) is 16.7. The number of nitrogens with zero attached hydrogens (tertiary/aromatic N) is 1. The van der Waals surface area contributed by atoms with Crippen molar-refractivity contribution in [1.82, 2.24) is 10.2 Å². The number of hydrogen-bond donors (Lipinski definition) is 2. The molecule has 0 aromatic heterocycles. The van der Waals surface area contributed by atoms with Crippen molar-refractivity contribution in [3.05, 3.63) is 29.0 Å². The van der Waals surface area contributed by atoms with Gasteiger partial charge in [-0.15, -0.1) is 0 Å². The second kappa shape index (κ2) is 10.9. The van der Waals surface area contributed by atoms with E-state index in [1.165, 1.54) is 32.1 Å². The average Bonchev–Trinajstić information content (AvgIpc) is 2.83. The number of ether oxygens (including phenoxy) is 1. The Kier molecular flexibility index (Phi) is 8.15. The summed E-state index contributed by atoms with van der Waals surface area (Å²) in [4.78, 5) is 15.8. The summed E-state index contributed by atoms with van der Waals surface area (Å²) in [5, 5.41) is 14.8. The molecule has 3 aliphatic rings. The highest BCUT2D eigenvalue weighted by Gasteiger charge is 2.45. The van der Waals surface area contributed by atoms with Crippen LogP contribution in [0.25, 0.3) is 5.57 Å². The van der Waals surface area contributed by atoms with Gasteiger partial charge in [-0.2, -0.15) is 0 Å². The van der Waals surface area contributed by atoms with E-state index in [0.29, 0.717) is 24.1 Å². The number of carbonyl (C=O) groups excluding carboxylic acids is 1. The summed E-state index contributed by atoms with van der Waals surface area (Å²) >= 11 is 0. The number of unbranched alkanes of at least 4 members (excludes halogenated alkanes) is 2. The molecule has 0 aliphatic carbocycles. The molecule has 1 aromatic rings. The number of aromatic hydroxyl groups is 1. The van der Waals surface area contributed by atoms with Crippen molar-refractivity contribution in [2.24, 2.45) is 11.8 Å². The van der Waals surface area contributed by atoms with Crippen LogP contribution in [0, 0.1) is 11.8 Å². The lowest BCUT2D eigenvalue weighted by atomic mass is 9.72. The molecule has 2 N–H and O–H groups in total. The predicted octanol–water partition coefficient (Wildman–Crippen LogP) is 6.26. The first kappa shape index (κ1) is 26.1. The van der Waals surface area contributed by atoms with Crippen LogP contribution in [0.4, 0.5) is 0 Å². The monoisotopic (exact) mass is 482 g/mol. The molecule has 4 rings (SSSR count). The second-order valence-electron chi connectivity index (χ2n) is 11.7. The van der Waals surface area contributed by atoms with Crippen LogP contribution in [0.5, 0.6) is 11.5 Å². The van der Waals surface area contributed by atoms with Crippen LogP contribution in [-0.2, 0) is 4.79 Å². The maximum Gasteiger partial charge on any atom is 0.192 e. The van der Waals surface area contributed by atoms with Gasteiger partial charge in [0.05, 0.1) is 17.8 Å². The quantitative estimate of drug-likeness (QED) is 0.407. The van der Waals surface area contributed by atoms with Crippen molar-refractivity contribution in [2.75, 3.05) is 26.2 Å². The summed E-state index contributed by atoms with van der Waals surface area (Å²) in [7, 11) is 0. The third-order valence-electron chi connectivity index (χ3n) is 8.67. The summed E-state index contributed by atoms with van der Waals surface area (Å²) in [5.74, 6) is 2.02. The fourth-order valence-corrected chi connectivity index (χ4v) is 6.28. The Balaban J connectivity index is 1.69. The summed E-state index contributed by atoms with van der Waals surface area (Å²) in [5.41, 5.74) is 3.04. The number of ketones is 1. The Morgan fingerprint density at radius 3 is 2.66 bits per heavy atom. The number of piperidine rings is 1. The second-order valence-corrected chi connectivity index (χ2v) is 11.7. The molecule has 194 valence electrons. The fourth-order valence-electron chi connectivity index (χ4n) is 6.28. The van der Waals surface area contributed by atoms with E-state index in [9.17, 15) is 9.90 Å². The topological polar surface area (TPSA) is 61.8 Å². The molecule has 1 saturated heterocycles. The van der Waals surface area contributed by atoms with Gasteiger partial charge in [0.2, 0.25) is 0 Å². The van der Waals surface area contributed by atoms with Crippen molar-refractivity contribution >= 4 is 11.4 Å². The fraction of sp³-hybridized carbons (Fsp3) is 0.700. The molecular formula is C30H46N2O3. The molecule has 3 unspecified atom stereocenters. The lowest BCUT2D eigenvalue weighted by molar-refractivity contribution is -0.117. The molecule has 0 spiro atoms. The molecule has 1 aromatic carbocycles. The molecule has 5 heteroatoms. The van der Waals surface area contributed by atoms with Crippen molar-refractivity contribution < 1.29 is 14.6 Å². The zero-order valence-corrected chi connectivity index (χ0v) is 22.6. The zero-order valence-electron chi connectivity index (χ0n) is 22.6. The first-order valence-corrected chi connectivity index (χ1v) is 14.0. The summed E-state index contributed by atoms with van der Waals surface area (Å²) < 4.78 is 6.57. The van der Waals surface area contributed by atoms with Gasteiger partial charge < -0.3 is 15.2 Å². The Hall–Kier alpha value is -2.01. The maximum absolute atomic E-state index is 13.6. The molecule has 3 aliphatic heterocycles. The van der Waals surface area contributed by atoms with Crippen LogP contribution in [0.1, 0.15) is 103 Å². The minimum absolute atomic E-state index is 0.0682. The largest absolute Gasteiger partial charge is 0.507 e. The molecule has 0 bridgehead atoms. The number of fused-ring (bicyclic) bond motifs is 3. The number of carbonyl (C=O) groups is 1. The van der Waals surface area contributed by atoms with Gasteiger partial charge in [0.1, 0.15) is 17.1 Å².